The average molecular weight is 240 g/mol. The third-order valence-electron chi connectivity index (χ3n) is 3.56. The molecule has 0 atom stereocenters. The van der Waals surface area contributed by atoms with Crippen LogP contribution in [0, 0.1) is 5.41 Å². The smallest absolute Gasteiger partial charge is 0.105 e. The maximum atomic E-state index is 9.06. The first-order valence-electron chi connectivity index (χ1n) is 7.02. The molecule has 100 valence electrons. The van der Waals surface area contributed by atoms with Crippen LogP contribution < -0.4 is 0 Å². The van der Waals surface area contributed by atoms with Gasteiger partial charge in [-0.25, -0.2) is 0 Å². The van der Waals surface area contributed by atoms with Crippen LogP contribution in [-0.4, -0.2) is 42.1 Å². The maximum Gasteiger partial charge on any atom is 0.105 e. The van der Waals surface area contributed by atoms with E-state index in [1.807, 2.05) is 0 Å². The van der Waals surface area contributed by atoms with Crippen LogP contribution in [0.2, 0.25) is 0 Å². The molecule has 0 fully saturated rings. The molecule has 0 saturated carbocycles. The summed E-state index contributed by atoms with van der Waals surface area (Å²) in [6.45, 7) is 9.65. The zero-order valence-corrected chi connectivity index (χ0v) is 11.7. The molecule has 0 radical (unpaired) electrons. The molecule has 1 aliphatic heterocycles. The van der Waals surface area contributed by atoms with E-state index in [1.54, 1.807) is 0 Å². The SMILES string of the molecule is CCCCCCC(C)(C)C1=NCCN1CCO. The molecule has 3 nitrogen and oxygen atoms in total. The first kappa shape index (κ1) is 14.5. The van der Waals surface area contributed by atoms with E-state index in [4.69, 9.17) is 5.11 Å². The molecule has 0 unspecified atom stereocenters. The second kappa shape index (κ2) is 7.00. The highest BCUT2D eigenvalue weighted by molar-refractivity contribution is 5.88. The highest BCUT2D eigenvalue weighted by Crippen LogP contribution is 2.29. The van der Waals surface area contributed by atoms with Crippen molar-refractivity contribution in [2.75, 3.05) is 26.2 Å². The lowest BCUT2D eigenvalue weighted by atomic mass is 9.85. The fraction of sp³-hybridized carbons (Fsp3) is 0.929. The molecular weight excluding hydrogens is 212 g/mol. The van der Waals surface area contributed by atoms with Crippen LogP contribution in [0.1, 0.15) is 52.9 Å². The highest BCUT2D eigenvalue weighted by atomic mass is 16.3. The first-order chi connectivity index (χ1) is 8.11. The van der Waals surface area contributed by atoms with Crippen LogP contribution in [0.4, 0.5) is 0 Å². The van der Waals surface area contributed by atoms with E-state index in [2.05, 4.69) is 30.7 Å². The van der Waals surface area contributed by atoms with E-state index in [-0.39, 0.29) is 12.0 Å². The molecule has 0 saturated heterocycles. The molecule has 0 amide bonds. The van der Waals surface area contributed by atoms with Gasteiger partial charge in [0.1, 0.15) is 5.84 Å². The summed E-state index contributed by atoms with van der Waals surface area (Å²) in [6, 6.07) is 0. The summed E-state index contributed by atoms with van der Waals surface area (Å²) in [5.41, 5.74) is 0.166. The molecule has 0 aromatic rings. The summed E-state index contributed by atoms with van der Waals surface area (Å²) in [4.78, 5) is 6.89. The van der Waals surface area contributed by atoms with Crippen LogP contribution in [0.15, 0.2) is 4.99 Å². The summed E-state index contributed by atoms with van der Waals surface area (Å²) in [7, 11) is 0. The Balaban J connectivity index is 2.44. The Morgan fingerprint density at radius 3 is 2.71 bits per heavy atom. The van der Waals surface area contributed by atoms with E-state index in [0.717, 1.165) is 19.6 Å². The van der Waals surface area contributed by atoms with Gasteiger partial charge >= 0.3 is 0 Å². The number of aliphatic hydroxyl groups excluding tert-OH is 1. The maximum absolute atomic E-state index is 9.06. The van der Waals surface area contributed by atoms with E-state index >= 15 is 0 Å². The number of hydrogen-bond donors (Lipinski definition) is 1. The molecular formula is C14H28N2O. The number of rotatable bonds is 8. The van der Waals surface area contributed by atoms with Crippen molar-refractivity contribution in [3.05, 3.63) is 0 Å². The van der Waals surface area contributed by atoms with Crippen LogP contribution in [0.5, 0.6) is 0 Å². The highest BCUT2D eigenvalue weighted by Gasteiger charge is 2.31. The quantitative estimate of drug-likeness (QED) is 0.662. The minimum Gasteiger partial charge on any atom is -0.395 e. The van der Waals surface area contributed by atoms with Crippen molar-refractivity contribution in [2.45, 2.75) is 52.9 Å². The van der Waals surface area contributed by atoms with Gasteiger partial charge < -0.3 is 10.0 Å². The molecule has 0 aliphatic carbocycles. The number of hydrogen-bond acceptors (Lipinski definition) is 3. The van der Waals surface area contributed by atoms with Gasteiger partial charge in [0, 0.05) is 18.5 Å². The van der Waals surface area contributed by atoms with Crippen LogP contribution in [0.25, 0.3) is 0 Å². The molecule has 0 spiro atoms. The van der Waals surface area contributed by atoms with Crippen molar-refractivity contribution in [3.63, 3.8) is 0 Å². The van der Waals surface area contributed by atoms with Gasteiger partial charge in [-0.1, -0.05) is 46.5 Å². The molecule has 3 heteroatoms. The van der Waals surface area contributed by atoms with E-state index in [9.17, 15) is 0 Å². The van der Waals surface area contributed by atoms with Crippen LogP contribution in [-0.2, 0) is 0 Å². The van der Waals surface area contributed by atoms with Gasteiger partial charge in [-0.2, -0.15) is 0 Å². The Morgan fingerprint density at radius 1 is 1.29 bits per heavy atom. The van der Waals surface area contributed by atoms with E-state index in [1.165, 1.54) is 37.9 Å². The minimum absolute atomic E-state index is 0.166. The Kier molecular flexibility index (Phi) is 5.96. The molecule has 1 heterocycles. The summed E-state index contributed by atoms with van der Waals surface area (Å²) in [6.07, 6.45) is 6.44. The Hall–Kier alpha value is -0.570. The van der Waals surface area contributed by atoms with Crippen molar-refractivity contribution in [1.82, 2.24) is 4.90 Å². The Bertz CT molecular complexity index is 249. The number of β-amino-alcohol motifs (C(OH)–C–C–N with tert-alkyl or cyclic N) is 1. The zero-order valence-electron chi connectivity index (χ0n) is 11.7. The Morgan fingerprint density at radius 2 is 2.06 bits per heavy atom. The second-order valence-corrected chi connectivity index (χ2v) is 5.61. The van der Waals surface area contributed by atoms with Crippen molar-refractivity contribution >= 4 is 5.84 Å². The third kappa shape index (κ3) is 4.30. The molecule has 0 aromatic carbocycles. The minimum atomic E-state index is 0.166. The average Bonchev–Trinajstić information content (AvgIpc) is 2.74. The molecule has 1 aliphatic rings. The van der Waals surface area contributed by atoms with Gasteiger partial charge in [-0.15, -0.1) is 0 Å². The molecule has 0 bridgehead atoms. The molecule has 1 N–H and O–H groups in total. The van der Waals surface area contributed by atoms with Crippen LogP contribution >= 0.6 is 0 Å². The lowest BCUT2D eigenvalue weighted by molar-refractivity contribution is 0.246. The van der Waals surface area contributed by atoms with Crippen LogP contribution in [0.3, 0.4) is 0 Å². The fourth-order valence-electron chi connectivity index (χ4n) is 2.57. The number of amidine groups is 1. The van der Waals surface area contributed by atoms with Crippen molar-refractivity contribution in [1.29, 1.82) is 0 Å². The number of unbranched alkanes of at least 4 members (excludes halogenated alkanes) is 3. The van der Waals surface area contributed by atoms with Crippen molar-refractivity contribution < 1.29 is 5.11 Å². The van der Waals surface area contributed by atoms with Gasteiger partial charge in [-0.3, -0.25) is 4.99 Å². The van der Waals surface area contributed by atoms with E-state index < -0.39 is 0 Å². The van der Waals surface area contributed by atoms with E-state index in [0.29, 0.717) is 0 Å². The zero-order chi connectivity index (χ0) is 12.7. The lowest BCUT2D eigenvalue weighted by Crippen LogP contribution is -2.39. The lowest BCUT2D eigenvalue weighted by Gasteiger charge is -2.32. The van der Waals surface area contributed by atoms with Gasteiger partial charge in [0.25, 0.3) is 0 Å². The normalized spacial score (nSPS) is 16.5. The number of aliphatic hydroxyl groups is 1. The molecule has 0 aromatic heterocycles. The summed E-state index contributed by atoms with van der Waals surface area (Å²) < 4.78 is 0. The number of nitrogens with zero attached hydrogens (tertiary/aromatic N) is 2. The largest absolute Gasteiger partial charge is 0.395 e. The predicted octanol–water partition coefficient (Wildman–Crippen LogP) is 2.69. The molecule has 1 rings (SSSR count). The third-order valence-corrected chi connectivity index (χ3v) is 3.56. The number of aliphatic imine (C=N–C) groups is 1. The van der Waals surface area contributed by atoms with Crippen molar-refractivity contribution in [3.8, 4) is 0 Å². The topological polar surface area (TPSA) is 35.8 Å². The van der Waals surface area contributed by atoms with Gasteiger partial charge in [0.05, 0.1) is 13.2 Å². The standard InChI is InChI=1S/C14H28N2O/c1-4-5-6-7-8-14(2,3)13-15-9-10-16(13)11-12-17/h17H,4-12H2,1-3H3. The van der Waals surface area contributed by atoms with Crippen molar-refractivity contribution in [2.24, 2.45) is 10.4 Å². The summed E-state index contributed by atoms with van der Waals surface area (Å²) in [5.74, 6) is 1.21. The first-order valence-corrected chi connectivity index (χ1v) is 7.02. The fourth-order valence-corrected chi connectivity index (χ4v) is 2.57. The van der Waals surface area contributed by atoms with Gasteiger partial charge in [-0.05, 0) is 6.42 Å². The predicted molar refractivity (Wildman–Crippen MR) is 73.5 cm³/mol. The summed E-state index contributed by atoms with van der Waals surface area (Å²) in [5, 5.41) is 9.06. The second-order valence-electron chi connectivity index (χ2n) is 5.61. The Labute approximate surface area is 106 Å². The molecule has 17 heavy (non-hydrogen) atoms. The van der Waals surface area contributed by atoms with Gasteiger partial charge in [0.15, 0.2) is 0 Å². The van der Waals surface area contributed by atoms with Gasteiger partial charge in [0.2, 0.25) is 0 Å². The summed E-state index contributed by atoms with van der Waals surface area (Å²) >= 11 is 0. The monoisotopic (exact) mass is 240 g/mol.